The molecule has 1 aliphatic rings. The second-order valence-electron chi connectivity index (χ2n) is 3.70. The summed E-state index contributed by atoms with van der Waals surface area (Å²) in [4.78, 5) is 0. The Morgan fingerprint density at radius 2 is 2.12 bits per heavy atom. The van der Waals surface area contributed by atoms with Crippen LogP contribution in [0.15, 0.2) is 18.2 Å². The number of aliphatic hydroxyl groups excluding tert-OH is 1. The van der Waals surface area contributed by atoms with E-state index in [1.807, 2.05) is 18.2 Å². The Morgan fingerprint density at radius 1 is 1.25 bits per heavy atom. The van der Waals surface area contributed by atoms with Crippen LogP contribution in [0.25, 0.3) is 0 Å². The second-order valence-corrected chi connectivity index (χ2v) is 3.70. The average molecular weight is 223 g/mol. The van der Waals surface area contributed by atoms with Gasteiger partial charge in [0.25, 0.3) is 0 Å². The van der Waals surface area contributed by atoms with E-state index in [2.05, 4.69) is 5.32 Å². The summed E-state index contributed by atoms with van der Waals surface area (Å²) in [5, 5.41) is 11.9. The van der Waals surface area contributed by atoms with Gasteiger partial charge in [-0.25, -0.2) is 0 Å². The van der Waals surface area contributed by atoms with E-state index in [0.717, 1.165) is 36.6 Å². The highest BCUT2D eigenvalue weighted by molar-refractivity contribution is 5.47. The molecular formula is C12H17NO3. The maximum absolute atomic E-state index is 8.67. The minimum absolute atomic E-state index is 0.222. The Kier molecular flexibility index (Phi) is 4.02. The molecule has 4 nitrogen and oxygen atoms in total. The van der Waals surface area contributed by atoms with Crippen molar-refractivity contribution in [2.45, 2.75) is 13.0 Å². The molecule has 0 aromatic heterocycles. The molecule has 0 aliphatic carbocycles. The number of hydrogen-bond donors (Lipinski definition) is 2. The second kappa shape index (κ2) is 5.72. The number of para-hydroxylation sites is 1. The lowest BCUT2D eigenvalue weighted by Crippen LogP contribution is -2.20. The quantitative estimate of drug-likeness (QED) is 0.729. The van der Waals surface area contributed by atoms with E-state index in [1.54, 1.807) is 0 Å². The van der Waals surface area contributed by atoms with Crippen molar-refractivity contribution < 1.29 is 14.6 Å². The molecule has 0 saturated heterocycles. The van der Waals surface area contributed by atoms with Crippen molar-refractivity contribution in [1.82, 2.24) is 5.32 Å². The number of fused-ring (bicyclic) bond motifs is 1. The summed E-state index contributed by atoms with van der Waals surface area (Å²) in [5.74, 6) is 1.68. The zero-order valence-electron chi connectivity index (χ0n) is 9.24. The Morgan fingerprint density at radius 3 is 3.00 bits per heavy atom. The minimum Gasteiger partial charge on any atom is -0.486 e. The van der Waals surface area contributed by atoms with Crippen LogP contribution >= 0.6 is 0 Å². The fourth-order valence-corrected chi connectivity index (χ4v) is 1.70. The normalized spacial score (nSPS) is 13.8. The van der Waals surface area contributed by atoms with Crippen LogP contribution in [0.3, 0.4) is 0 Å². The Hall–Kier alpha value is -1.26. The number of ether oxygens (including phenoxy) is 2. The van der Waals surface area contributed by atoms with Gasteiger partial charge in [0, 0.05) is 18.7 Å². The van der Waals surface area contributed by atoms with Crippen molar-refractivity contribution in [1.29, 1.82) is 0 Å². The first-order chi connectivity index (χ1) is 7.92. The Balaban J connectivity index is 1.97. The molecule has 1 heterocycles. The van der Waals surface area contributed by atoms with Crippen LogP contribution in [0.5, 0.6) is 11.5 Å². The van der Waals surface area contributed by atoms with Crippen LogP contribution in [0, 0.1) is 0 Å². The average Bonchev–Trinajstić information content (AvgIpc) is 2.35. The highest BCUT2D eigenvalue weighted by Gasteiger charge is 2.14. The van der Waals surface area contributed by atoms with Gasteiger partial charge in [-0.1, -0.05) is 12.1 Å². The van der Waals surface area contributed by atoms with Crippen LogP contribution in [0.1, 0.15) is 12.0 Å². The van der Waals surface area contributed by atoms with Gasteiger partial charge in [0.05, 0.1) is 0 Å². The van der Waals surface area contributed by atoms with Gasteiger partial charge in [-0.2, -0.15) is 0 Å². The van der Waals surface area contributed by atoms with Crippen molar-refractivity contribution in [3.8, 4) is 11.5 Å². The number of aliphatic hydroxyl groups is 1. The first-order valence-electron chi connectivity index (χ1n) is 5.61. The molecule has 0 fully saturated rings. The molecule has 2 N–H and O–H groups in total. The summed E-state index contributed by atoms with van der Waals surface area (Å²) in [6.45, 7) is 3.00. The van der Waals surface area contributed by atoms with Crippen molar-refractivity contribution in [2.24, 2.45) is 0 Å². The van der Waals surface area contributed by atoms with Crippen LogP contribution in [-0.4, -0.2) is 31.5 Å². The Labute approximate surface area is 95.2 Å². The van der Waals surface area contributed by atoms with Gasteiger partial charge in [0.2, 0.25) is 0 Å². The van der Waals surface area contributed by atoms with Crippen molar-refractivity contribution in [3.63, 3.8) is 0 Å². The van der Waals surface area contributed by atoms with Crippen LogP contribution < -0.4 is 14.8 Å². The number of rotatable bonds is 5. The molecule has 0 atom stereocenters. The molecule has 4 heteroatoms. The van der Waals surface area contributed by atoms with Crippen molar-refractivity contribution >= 4 is 0 Å². The van der Waals surface area contributed by atoms with Crippen LogP contribution in [0.4, 0.5) is 0 Å². The summed E-state index contributed by atoms with van der Waals surface area (Å²) < 4.78 is 11.1. The highest BCUT2D eigenvalue weighted by atomic mass is 16.6. The number of benzene rings is 1. The minimum atomic E-state index is 0.222. The first-order valence-corrected chi connectivity index (χ1v) is 5.61. The predicted octanol–water partition coefficient (Wildman–Crippen LogP) is 0.930. The van der Waals surface area contributed by atoms with Gasteiger partial charge in [0.1, 0.15) is 13.2 Å². The van der Waals surface area contributed by atoms with Crippen molar-refractivity contribution in [2.75, 3.05) is 26.4 Å². The molecular weight excluding hydrogens is 206 g/mol. The summed E-state index contributed by atoms with van der Waals surface area (Å²) in [6, 6.07) is 5.92. The lowest BCUT2D eigenvalue weighted by Gasteiger charge is -2.21. The molecule has 2 rings (SSSR count). The zero-order chi connectivity index (χ0) is 11.2. The molecule has 0 bridgehead atoms. The number of hydrogen-bond acceptors (Lipinski definition) is 4. The van der Waals surface area contributed by atoms with E-state index in [-0.39, 0.29) is 6.61 Å². The fourth-order valence-electron chi connectivity index (χ4n) is 1.70. The van der Waals surface area contributed by atoms with E-state index < -0.39 is 0 Å². The molecule has 0 amide bonds. The Bertz CT molecular complexity index is 341. The van der Waals surface area contributed by atoms with Gasteiger partial charge in [-0.3, -0.25) is 0 Å². The smallest absolute Gasteiger partial charge is 0.165 e. The molecule has 0 unspecified atom stereocenters. The number of nitrogens with one attached hydrogen (secondary N) is 1. The molecule has 0 saturated carbocycles. The molecule has 0 spiro atoms. The summed E-state index contributed by atoms with van der Waals surface area (Å²) in [5.41, 5.74) is 1.11. The third-order valence-corrected chi connectivity index (χ3v) is 2.47. The highest BCUT2D eigenvalue weighted by Crippen LogP contribution is 2.33. The topological polar surface area (TPSA) is 50.7 Å². The lowest BCUT2D eigenvalue weighted by atomic mass is 10.1. The molecule has 1 aromatic carbocycles. The SMILES string of the molecule is OCCCNCc1cccc2c1OCCO2. The third kappa shape index (κ3) is 2.65. The summed E-state index contributed by atoms with van der Waals surface area (Å²) in [7, 11) is 0. The standard InChI is InChI=1S/C12H17NO3/c14-6-2-5-13-9-10-3-1-4-11-12(10)16-8-7-15-11/h1,3-4,13-14H,2,5-9H2. The van der Waals surface area contributed by atoms with Gasteiger partial charge < -0.3 is 19.9 Å². The summed E-state index contributed by atoms with van der Waals surface area (Å²) in [6.07, 6.45) is 0.770. The van der Waals surface area contributed by atoms with E-state index in [1.165, 1.54) is 0 Å². The third-order valence-electron chi connectivity index (χ3n) is 2.47. The maximum atomic E-state index is 8.67. The lowest BCUT2D eigenvalue weighted by molar-refractivity contribution is 0.169. The van der Waals surface area contributed by atoms with E-state index in [9.17, 15) is 0 Å². The zero-order valence-corrected chi connectivity index (χ0v) is 9.24. The van der Waals surface area contributed by atoms with Crippen LogP contribution in [0.2, 0.25) is 0 Å². The maximum Gasteiger partial charge on any atom is 0.165 e. The first kappa shape index (κ1) is 11.2. The largest absolute Gasteiger partial charge is 0.486 e. The monoisotopic (exact) mass is 223 g/mol. The van der Waals surface area contributed by atoms with E-state index in [0.29, 0.717) is 13.2 Å². The van der Waals surface area contributed by atoms with E-state index in [4.69, 9.17) is 14.6 Å². The molecule has 88 valence electrons. The molecule has 0 radical (unpaired) electrons. The van der Waals surface area contributed by atoms with Gasteiger partial charge >= 0.3 is 0 Å². The predicted molar refractivity (Wildman–Crippen MR) is 60.8 cm³/mol. The molecule has 1 aliphatic heterocycles. The summed E-state index contributed by atoms with van der Waals surface area (Å²) >= 11 is 0. The van der Waals surface area contributed by atoms with Crippen LogP contribution in [-0.2, 0) is 6.54 Å². The van der Waals surface area contributed by atoms with Gasteiger partial charge in [-0.05, 0) is 19.0 Å². The molecule has 16 heavy (non-hydrogen) atoms. The van der Waals surface area contributed by atoms with Crippen molar-refractivity contribution in [3.05, 3.63) is 23.8 Å². The van der Waals surface area contributed by atoms with Gasteiger partial charge in [0.15, 0.2) is 11.5 Å². The fraction of sp³-hybridized carbons (Fsp3) is 0.500. The van der Waals surface area contributed by atoms with E-state index >= 15 is 0 Å². The molecule has 1 aromatic rings. The van der Waals surface area contributed by atoms with Gasteiger partial charge in [-0.15, -0.1) is 0 Å².